The van der Waals surface area contributed by atoms with Crippen molar-refractivity contribution < 1.29 is 19.2 Å². The third kappa shape index (κ3) is 3.23. The quantitative estimate of drug-likeness (QED) is 0.487. The van der Waals surface area contributed by atoms with Gasteiger partial charge < -0.3 is 9.47 Å². The first-order valence-electron chi connectivity index (χ1n) is 4.56. The van der Waals surface area contributed by atoms with Crippen molar-refractivity contribution in [2.24, 2.45) is 0 Å². The predicted molar refractivity (Wildman–Crippen MR) is 46.5 cm³/mol. The molecule has 0 bridgehead atoms. The largest absolute Gasteiger partial charge is 0.348 e. The lowest BCUT2D eigenvalue weighted by Gasteiger charge is -2.28. The van der Waals surface area contributed by atoms with Gasteiger partial charge in [-0.2, -0.15) is 0 Å². The number of hydrogen-bond donors (Lipinski definition) is 0. The van der Waals surface area contributed by atoms with Crippen molar-refractivity contribution in [3.05, 3.63) is 6.79 Å². The Morgan fingerprint density at radius 2 is 2.31 bits per heavy atom. The van der Waals surface area contributed by atoms with E-state index in [2.05, 4.69) is 0 Å². The number of hydrogen-bond acceptors (Lipinski definition) is 4. The summed E-state index contributed by atoms with van der Waals surface area (Å²) in [6.07, 6.45) is 0.830. The molecule has 0 aliphatic carbocycles. The smallest absolute Gasteiger partial charge is 0.210 e. The molecule has 0 aromatic rings. The van der Waals surface area contributed by atoms with Crippen LogP contribution in [-0.4, -0.2) is 24.9 Å². The second kappa shape index (κ2) is 4.91. The van der Waals surface area contributed by atoms with Crippen molar-refractivity contribution in [1.82, 2.24) is 0 Å². The van der Waals surface area contributed by atoms with E-state index in [1.807, 2.05) is 20.8 Å². The summed E-state index contributed by atoms with van der Waals surface area (Å²) in [4.78, 5) is 9.86. The van der Waals surface area contributed by atoms with Crippen LogP contribution in [0.2, 0.25) is 0 Å². The standard InChI is InChI=1S/C9H17O4/c1-4-10-7-11-9(2,3)8-5-6-12-13-8/h7-8H,4-6H2,1-3H3. The van der Waals surface area contributed by atoms with Crippen molar-refractivity contribution >= 4 is 0 Å². The van der Waals surface area contributed by atoms with E-state index in [0.717, 1.165) is 6.42 Å². The van der Waals surface area contributed by atoms with Crippen molar-refractivity contribution in [1.29, 1.82) is 0 Å². The summed E-state index contributed by atoms with van der Waals surface area (Å²) in [5.74, 6) is 0. The molecule has 77 valence electrons. The molecule has 4 nitrogen and oxygen atoms in total. The molecule has 0 aromatic carbocycles. The Morgan fingerprint density at radius 3 is 2.85 bits per heavy atom. The van der Waals surface area contributed by atoms with Crippen molar-refractivity contribution in [2.75, 3.05) is 13.2 Å². The summed E-state index contributed by atoms with van der Waals surface area (Å²) >= 11 is 0. The lowest BCUT2D eigenvalue weighted by Crippen LogP contribution is -2.38. The van der Waals surface area contributed by atoms with Gasteiger partial charge in [-0.05, 0) is 20.8 Å². The minimum Gasteiger partial charge on any atom is -0.348 e. The van der Waals surface area contributed by atoms with Crippen molar-refractivity contribution in [3.8, 4) is 0 Å². The molecule has 0 N–H and O–H groups in total. The van der Waals surface area contributed by atoms with Crippen LogP contribution in [0.5, 0.6) is 0 Å². The lowest BCUT2D eigenvalue weighted by atomic mass is 10.00. The van der Waals surface area contributed by atoms with E-state index >= 15 is 0 Å². The molecule has 1 aliphatic heterocycles. The zero-order valence-corrected chi connectivity index (χ0v) is 8.41. The van der Waals surface area contributed by atoms with Gasteiger partial charge >= 0.3 is 0 Å². The number of rotatable bonds is 5. The first-order chi connectivity index (χ1) is 6.17. The molecule has 1 rings (SSSR count). The SMILES string of the molecule is CCO[CH]OC(C)(C)C1CCOO1. The second-order valence-electron chi connectivity index (χ2n) is 3.47. The van der Waals surface area contributed by atoms with E-state index in [0.29, 0.717) is 13.2 Å². The molecular weight excluding hydrogens is 172 g/mol. The molecule has 1 unspecified atom stereocenters. The molecule has 1 fully saturated rings. The fraction of sp³-hybridized carbons (Fsp3) is 0.889. The molecule has 1 saturated heterocycles. The Kier molecular flexibility index (Phi) is 4.12. The first-order valence-corrected chi connectivity index (χ1v) is 4.56. The zero-order chi connectivity index (χ0) is 9.73. The van der Waals surface area contributed by atoms with E-state index < -0.39 is 5.60 Å². The highest BCUT2D eigenvalue weighted by Crippen LogP contribution is 2.25. The Morgan fingerprint density at radius 1 is 1.54 bits per heavy atom. The van der Waals surface area contributed by atoms with Crippen LogP contribution >= 0.6 is 0 Å². The summed E-state index contributed by atoms with van der Waals surface area (Å²) in [5, 5.41) is 0. The van der Waals surface area contributed by atoms with Crippen LogP contribution in [0, 0.1) is 6.79 Å². The van der Waals surface area contributed by atoms with Gasteiger partial charge in [0, 0.05) is 13.0 Å². The highest BCUT2D eigenvalue weighted by Gasteiger charge is 2.35. The molecule has 0 amide bonds. The van der Waals surface area contributed by atoms with E-state index in [9.17, 15) is 0 Å². The summed E-state index contributed by atoms with van der Waals surface area (Å²) in [7, 11) is 0. The van der Waals surface area contributed by atoms with Crippen LogP contribution in [0.1, 0.15) is 27.2 Å². The van der Waals surface area contributed by atoms with E-state index in [1.165, 1.54) is 6.79 Å². The van der Waals surface area contributed by atoms with E-state index in [4.69, 9.17) is 19.2 Å². The Hall–Kier alpha value is -0.160. The maximum Gasteiger partial charge on any atom is 0.210 e. The van der Waals surface area contributed by atoms with Gasteiger partial charge in [-0.1, -0.05) is 0 Å². The third-order valence-corrected chi connectivity index (χ3v) is 2.01. The minimum absolute atomic E-state index is 0.0239. The van der Waals surface area contributed by atoms with Gasteiger partial charge in [0.25, 0.3) is 0 Å². The van der Waals surface area contributed by atoms with Gasteiger partial charge in [-0.3, -0.25) is 0 Å². The van der Waals surface area contributed by atoms with Crippen LogP contribution in [0.15, 0.2) is 0 Å². The van der Waals surface area contributed by atoms with Crippen LogP contribution in [0.3, 0.4) is 0 Å². The molecule has 13 heavy (non-hydrogen) atoms. The van der Waals surface area contributed by atoms with Gasteiger partial charge in [0.15, 0.2) is 0 Å². The Balaban J connectivity index is 2.26. The van der Waals surface area contributed by atoms with Crippen LogP contribution in [-0.2, 0) is 19.2 Å². The monoisotopic (exact) mass is 189 g/mol. The van der Waals surface area contributed by atoms with Crippen molar-refractivity contribution in [3.63, 3.8) is 0 Å². The molecular formula is C9H17O4. The molecule has 0 saturated carbocycles. The molecule has 1 aliphatic rings. The van der Waals surface area contributed by atoms with Gasteiger partial charge in [-0.25, -0.2) is 9.78 Å². The molecule has 1 atom stereocenters. The van der Waals surface area contributed by atoms with Crippen LogP contribution < -0.4 is 0 Å². The molecule has 0 spiro atoms. The predicted octanol–water partition coefficient (Wildman–Crippen LogP) is 1.66. The maximum atomic E-state index is 5.40. The Bertz CT molecular complexity index is 141. The third-order valence-electron chi connectivity index (χ3n) is 2.01. The van der Waals surface area contributed by atoms with E-state index in [1.54, 1.807) is 0 Å². The summed E-state index contributed by atoms with van der Waals surface area (Å²) in [6, 6.07) is 0. The van der Waals surface area contributed by atoms with Crippen LogP contribution in [0.25, 0.3) is 0 Å². The number of ether oxygens (including phenoxy) is 2. The van der Waals surface area contributed by atoms with Gasteiger partial charge in [-0.15, -0.1) is 0 Å². The lowest BCUT2D eigenvalue weighted by molar-refractivity contribution is -0.303. The second-order valence-corrected chi connectivity index (χ2v) is 3.47. The highest BCUT2D eigenvalue weighted by molar-refractivity contribution is 4.81. The van der Waals surface area contributed by atoms with Gasteiger partial charge in [0.1, 0.15) is 6.10 Å². The molecule has 0 aromatic heterocycles. The van der Waals surface area contributed by atoms with Gasteiger partial charge in [0.2, 0.25) is 6.79 Å². The topological polar surface area (TPSA) is 36.9 Å². The van der Waals surface area contributed by atoms with Crippen LogP contribution in [0.4, 0.5) is 0 Å². The minimum atomic E-state index is -0.397. The average molecular weight is 189 g/mol. The fourth-order valence-corrected chi connectivity index (χ4v) is 1.10. The first kappa shape index (κ1) is 10.9. The summed E-state index contributed by atoms with van der Waals surface area (Å²) in [5.41, 5.74) is -0.397. The zero-order valence-electron chi connectivity index (χ0n) is 8.41. The normalized spacial score (nSPS) is 23.8. The van der Waals surface area contributed by atoms with E-state index in [-0.39, 0.29) is 6.10 Å². The molecule has 4 heteroatoms. The van der Waals surface area contributed by atoms with Gasteiger partial charge in [0.05, 0.1) is 12.2 Å². The highest BCUT2D eigenvalue weighted by atomic mass is 17.2. The fourth-order valence-electron chi connectivity index (χ4n) is 1.10. The van der Waals surface area contributed by atoms with Crippen molar-refractivity contribution in [2.45, 2.75) is 38.9 Å². The average Bonchev–Trinajstić information content (AvgIpc) is 2.56. The summed E-state index contributed by atoms with van der Waals surface area (Å²) < 4.78 is 10.4. The maximum absolute atomic E-state index is 5.40. The summed E-state index contributed by atoms with van der Waals surface area (Å²) in [6.45, 7) is 8.40. The molecule has 1 heterocycles. The Labute approximate surface area is 79.0 Å². The molecule has 1 radical (unpaired) electrons.